The highest BCUT2D eigenvalue weighted by Gasteiger charge is 2.32. The van der Waals surface area contributed by atoms with E-state index in [1.54, 1.807) is 0 Å². The van der Waals surface area contributed by atoms with E-state index < -0.39 is 0 Å². The number of hydrogen-bond acceptors (Lipinski definition) is 5. The minimum absolute atomic E-state index is 0.212. The van der Waals surface area contributed by atoms with Crippen LogP contribution in [0.5, 0.6) is 0 Å². The van der Waals surface area contributed by atoms with Crippen LogP contribution in [0.1, 0.15) is 50.6 Å². The molecular formula is C16H30N4S. The van der Waals surface area contributed by atoms with Gasteiger partial charge in [-0.1, -0.05) is 13.8 Å². The maximum atomic E-state index is 5.00. The molecule has 0 bridgehead atoms. The molecule has 2 rings (SSSR count). The van der Waals surface area contributed by atoms with Crippen LogP contribution in [0.25, 0.3) is 0 Å². The molecular weight excluding hydrogens is 280 g/mol. The van der Waals surface area contributed by atoms with Crippen molar-refractivity contribution in [1.82, 2.24) is 15.2 Å². The molecule has 0 amide bonds. The third-order valence-corrected chi connectivity index (χ3v) is 5.85. The van der Waals surface area contributed by atoms with E-state index in [4.69, 9.17) is 4.98 Å². The van der Waals surface area contributed by atoms with Crippen molar-refractivity contribution in [2.75, 3.05) is 38.6 Å². The molecule has 1 aromatic rings. The fourth-order valence-corrected chi connectivity index (χ4v) is 3.97. The maximum Gasteiger partial charge on any atom is 0.185 e. The number of hydrogen-bond donors (Lipinski definition) is 1. The molecule has 0 aliphatic carbocycles. The lowest BCUT2D eigenvalue weighted by Gasteiger charge is -2.45. The Hall–Kier alpha value is -0.650. The van der Waals surface area contributed by atoms with Gasteiger partial charge < -0.3 is 10.2 Å². The SMILES string of the molecule is CCC(C)c1nc(N2CCN(C)C(C)(C)C2)sc1CNC. The molecule has 1 N–H and O–H groups in total. The summed E-state index contributed by atoms with van der Waals surface area (Å²) in [6, 6.07) is 0. The lowest BCUT2D eigenvalue weighted by Crippen LogP contribution is -2.57. The highest BCUT2D eigenvalue weighted by molar-refractivity contribution is 7.15. The van der Waals surface area contributed by atoms with Gasteiger partial charge in [-0.25, -0.2) is 4.98 Å². The van der Waals surface area contributed by atoms with Crippen molar-refractivity contribution >= 4 is 16.5 Å². The Bertz CT molecular complexity index is 469. The van der Waals surface area contributed by atoms with Crippen LogP contribution in [0.2, 0.25) is 0 Å². The van der Waals surface area contributed by atoms with Crippen LogP contribution >= 0.6 is 11.3 Å². The first-order chi connectivity index (χ1) is 9.89. The molecule has 21 heavy (non-hydrogen) atoms. The summed E-state index contributed by atoms with van der Waals surface area (Å²) >= 11 is 1.87. The van der Waals surface area contributed by atoms with Crippen molar-refractivity contribution < 1.29 is 0 Å². The van der Waals surface area contributed by atoms with Crippen LogP contribution < -0.4 is 10.2 Å². The molecule has 0 radical (unpaired) electrons. The molecule has 5 heteroatoms. The molecule has 1 saturated heterocycles. The first-order valence-corrected chi connectivity index (χ1v) is 8.81. The molecule has 1 atom stereocenters. The Morgan fingerprint density at radius 2 is 2.10 bits per heavy atom. The van der Waals surface area contributed by atoms with Gasteiger partial charge in [-0.05, 0) is 40.3 Å². The average Bonchev–Trinajstić information content (AvgIpc) is 2.85. The van der Waals surface area contributed by atoms with Gasteiger partial charge in [-0.15, -0.1) is 11.3 Å². The van der Waals surface area contributed by atoms with Crippen molar-refractivity contribution in [3.63, 3.8) is 0 Å². The highest BCUT2D eigenvalue weighted by atomic mass is 32.1. The van der Waals surface area contributed by atoms with Crippen molar-refractivity contribution in [2.45, 2.75) is 52.1 Å². The van der Waals surface area contributed by atoms with E-state index in [-0.39, 0.29) is 5.54 Å². The summed E-state index contributed by atoms with van der Waals surface area (Å²) in [5.41, 5.74) is 1.51. The second-order valence-electron chi connectivity index (χ2n) is 6.80. The smallest absolute Gasteiger partial charge is 0.185 e. The van der Waals surface area contributed by atoms with E-state index in [1.807, 2.05) is 18.4 Å². The monoisotopic (exact) mass is 310 g/mol. The van der Waals surface area contributed by atoms with Crippen LogP contribution in [0.4, 0.5) is 5.13 Å². The van der Waals surface area contributed by atoms with E-state index in [9.17, 15) is 0 Å². The Kier molecular flexibility index (Phi) is 5.28. The van der Waals surface area contributed by atoms with Gasteiger partial charge in [0.25, 0.3) is 0 Å². The van der Waals surface area contributed by atoms with Gasteiger partial charge in [0.05, 0.1) is 5.69 Å². The van der Waals surface area contributed by atoms with Crippen molar-refractivity contribution in [3.8, 4) is 0 Å². The molecule has 0 aromatic carbocycles. The first kappa shape index (κ1) is 16.7. The number of nitrogens with zero attached hydrogens (tertiary/aromatic N) is 3. The normalized spacial score (nSPS) is 20.8. The van der Waals surface area contributed by atoms with Gasteiger partial charge in [-0.2, -0.15) is 0 Å². The molecule has 0 saturated carbocycles. The fraction of sp³-hybridized carbons (Fsp3) is 0.812. The minimum Gasteiger partial charge on any atom is -0.345 e. The molecule has 0 spiro atoms. The van der Waals surface area contributed by atoms with Crippen LogP contribution in [-0.2, 0) is 6.54 Å². The topological polar surface area (TPSA) is 31.4 Å². The first-order valence-electron chi connectivity index (χ1n) is 7.99. The number of piperazine rings is 1. The number of rotatable bonds is 5. The Morgan fingerprint density at radius 1 is 1.38 bits per heavy atom. The molecule has 1 aliphatic heterocycles. The van der Waals surface area contributed by atoms with Crippen molar-refractivity contribution in [1.29, 1.82) is 0 Å². The van der Waals surface area contributed by atoms with Gasteiger partial charge in [-0.3, -0.25) is 4.90 Å². The van der Waals surface area contributed by atoms with Gasteiger partial charge in [0.1, 0.15) is 0 Å². The predicted octanol–water partition coefficient (Wildman–Crippen LogP) is 2.91. The summed E-state index contributed by atoms with van der Waals surface area (Å²) in [6.45, 7) is 13.3. The van der Waals surface area contributed by atoms with Gasteiger partial charge in [0.2, 0.25) is 0 Å². The summed E-state index contributed by atoms with van der Waals surface area (Å²) in [7, 11) is 4.23. The van der Waals surface area contributed by atoms with Gasteiger partial charge in [0.15, 0.2) is 5.13 Å². The van der Waals surface area contributed by atoms with Crippen LogP contribution in [0.3, 0.4) is 0 Å². The lowest BCUT2D eigenvalue weighted by molar-refractivity contribution is 0.139. The van der Waals surface area contributed by atoms with E-state index in [0.29, 0.717) is 5.92 Å². The summed E-state index contributed by atoms with van der Waals surface area (Å²) < 4.78 is 0. The zero-order chi connectivity index (χ0) is 15.6. The largest absolute Gasteiger partial charge is 0.345 e. The summed E-state index contributed by atoms with van der Waals surface area (Å²) in [6.07, 6.45) is 1.15. The molecule has 1 aliphatic rings. The Morgan fingerprint density at radius 3 is 2.67 bits per heavy atom. The predicted molar refractivity (Wildman–Crippen MR) is 92.5 cm³/mol. The van der Waals surface area contributed by atoms with Crippen LogP contribution in [0, 0.1) is 0 Å². The van der Waals surface area contributed by atoms with E-state index in [0.717, 1.165) is 32.6 Å². The summed E-state index contributed by atoms with van der Waals surface area (Å²) in [5, 5.41) is 4.49. The van der Waals surface area contributed by atoms with Crippen molar-refractivity contribution in [3.05, 3.63) is 10.6 Å². The van der Waals surface area contributed by atoms with E-state index >= 15 is 0 Å². The zero-order valence-corrected chi connectivity index (χ0v) is 15.2. The molecule has 1 aromatic heterocycles. The average molecular weight is 311 g/mol. The second-order valence-corrected chi connectivity index (χ2v) is 7.86. The van der Waals surface area contributed by atoms with Crippen LogP contribution in [-0.4, -0.2) is 49.2 Å². The minimum atomic E-state index is 0.212. The lowest BCUT2D eigenvalue weighted by atomic mass is 10.0. The van der Waals surface area contributed by atoms with Crippen LogP contribution in [0.15, 0.2) is 0 Å². The fourth-order valence-electron chi connectivity index (χ4n) is 2.76. The van der Waals surface area contributed by atoms with Gasteiger partial charge in [0, 0.05) is 36.6 Å². The van der Waals surface area contributed by atoms with Gasteiger partial charge >= 0.3 is 0 Å². The number of anilines is 1. The summed E-state index contributed by atoms with van der Waals surface area (Å²) in [4.78, 5) is 11.3. The molecule has 1 unspecified atom stereocenters. The zero-order valence-electron chi connectivity index (χ0n) is 14.4. The van der Waals surface area contributed by atoms with E-state index in [2.05, 4.69) is 49.9 Å². The van der Waals surface area contributed by atoms with E-state index in [1.165, 1.54) is 15.7 Å². The third kappa shape index (κ3) is 3.58. The maximum absolute atomic E-state index is 5.00. The number of aromatic nitrogens is 1. The number of nitrogens with one attached hydrogen (secondary N) is 1. The molecule has 4 nitrogen and oxygen atoms in total. The quantitative estimate of drug-likeness (QED) is 0.906. The second kappa shape index (κ2) is 6.63. The third-order valence-electron chi connectivity index (χ3n) is 4.72. The molecule has 1 fully saturated rings. The van der Waals surface area contributed by atoms with Crippen molar-refractivity contribution in [2.24, 2.45) is 0 Å². The standard InChI is InChI=1S/C16H30N4S/c1-7-12(2)14-13(10-17-5)21-15(18-14)20-9-8-19(6)16(3,4)11-20/h12,17H,7-11H2,1-6H3. The number of likely N-dealkylation sites (N-methyl/N-ethyl adjacent to an activating group) is 1. The molecule has 120 valence electrons. The summed E-state index contributed by atoms with van der Waals surface area (Å²) in [5.74, 6) is 0.541. The highest BCUT2D eigenvalue weighted by Crippen LogP contribution is 2.34. The Labute approximate surface area is 133 Å². The Balaban J connectivity index is 2.24. The molecule has 2 heterocycles. The number of thiazole rings is 1.